The molecule has 2 aromatic carbocycles. The van der Waals surface area contributed by atoms with Gasteiger partial charge in [-0.3, -0.25) is 4.79 Å². The molecular formula is C24H32N2OS. The Morgan fingerprint density at radius 3 is 2.39 bits per heavy atom. The van der Waals surface area contributed by atoms with Gasteiger partial charge in [0.2, 0.25) is 5.91 Å². The molecule has 1 amide bonds. The highest BCUT2D eigenvalue weighted by atomic mass is 32.2. The summed E-state index contributed by atoms with van der Waals surface area (Å²) in [7, 11) is 0. The van der Waals surface area contributed by atoms with Crippen molar-refractivity contribution in [2.24, 2.45) is 5.92 Å². The molecule has 3 nitrogen and oxygen atoms in total. The smallest absolute Gasteiger partial charge is 0.221 e. The molecule has 1 aliphatic rings. The second-order valence-electron chi connectivity index (χ2n) is 7.96. The number of anilines is 1. The number of amides is 1. The summed E-state index contributed by atoms with van der Waals surface area (Å²) in [6.45, 7) is 8.77. The van der Waals surface area contributed by atoms with E-state index in [-0.39, 0.29) is 11.9 Å². The lowest BCUT2D eigenvalue weighted by atomic mass is 9.98. The molecule has 0 aromatic heterocycles. The van der Waals surface area contributed by atoms with Crippen molar-refractivity contribution in [3.05, 3.63) is 59.7 Å². The molecule has 4 heteroatoms. The number of rotatable bonds is 7. The number of hydrogen-bond acceptors (Lipinski definition) is 3. The van der Waals surface area contributed by atoms with E-state index in [0.29, 0.717) is 6.42 Å². The molecule has 0 unspecified atom stereocenters. The fourth-order valence-corrected chi connectivity index (χ4v) is 4.39. The number of carbonyl (C=O) groups excluding carboxylic acids is 1. The minimum atomic E-state index is 0.0345. The van der Waals surface area contributed by atoms with E-state index in [1.54, 1.807) is 11.8 Å². The van der Waals surface area contributed by atoms with Crippen molar-refractivity contribution in [3.8, 4) is 0 Å². The molecule has 1 fully saturated rings. The summed E-state index contributed by atoms with van der Waals surface area (Å²) < 4.78 is 0. The third kappa shape index (κ3) is 6.03. The monoisotopic (exact) mass is 396 g/mol. The van der Waals surface area contributed by atoms with Crippen LogP contribution in [0.15, 0.2) is 53.4 Å². The number of thioether (sulfide) groups is 1. The molecule has 0 aliphatic carbocycles. The predicted molar refractivity (Wildman–Crippen MR) is 120 cm³/mol. The van der Waals surface area contributed by atoms with Crippen molar-refractivity contribution >= 4 is 23.4 Å². The van der Waals surface area contributed by atoms with Gasteiger partial charge in [-0.2, -0.15) is 0 Å². The zero-order chi connectivity index (χ0) is 19.9. The average Bonchev–Trinajstić information content (AvgIpc) is 2.70. The molecule has 0 saturated carbocycles. The molecule has 1 atom stereocenters. The molecule has 1 heterocycles. The fourth-order valence-electron chi connectivity index (χ4n) is 3.53. The molecule has 1 aliphatic heterocycles. The number of hydrogen-bond donors (Lipinski definition) is 1. The first-order chi connectivity index (χ1) is 13.5. The topological polar surface area (TPSA) is 32.3 Å². The lowest BCUT2D eigenvalue weighted by Gasteiger charge is -2.32. The normalized spacial score (nSPS) is 16.0. The molecule has 150 valence electrons. The van der Waals surface area contributed by atoms with Crippen molar-refractivity contribution < 1.29 is 4.79 Å². The third-order valence-corrected chi connectivity index (χ3v) is 6.55. The summed E-state index contributed by atoms with van der Waals surface area (Å²) in [6.07, 6.45) is 3.08. The Morgan fingerprint density at radius 2 is 1.75 bits per heavy atom. The summed E-state index contributed by atoms with van der Waals surface area (Å²) >= 11 is 1.73. The van der Waals surface area contributed by atoms with Gasteiger partial charge in [0.25, 0.3) is 0 Å². The van der Waals surface area contributed by atoms with Crippen LogP contribution >= 0.6 is 11.8 Å². The predicted octanol–water partition coefficient (Wildman–Crippen LogP) is 5.59. The summed E-state index contributed by atoms with van der Waals surface area (Å²) in [6, 6.07) is 17.2. The van der Waals surface area contributed by atoms with Crippen molar-refractivity contribution in [2.75, 3.05) is 23.7 Å². The second kappa shape index (κ2) is 10.0. The minimum Gasteiger partial charge on any atom is -0.372 e. The molecule has 1 saturated heterocycles. The summed E-state index contributed by atoms with van der Waals surface area (Å²) in [5.41, 5.74) is 3.72. The van der Waals surface area contributed by atoms with E-state index in [4.69, 9.17) is 0 Å². The average molecular weight is 397 g/mol. The van der Waals surface area contributed by atoms with Crippen molar-refractivity contribution in [2.45, 2.75) is 51.0 Å². The zero-order valence-electron chi connectivity index (χ0n) is 17.3. The number of nitrogens with one attached hydrogen (secondary N) is 1. The van der Waals surface area contributed by atoms with Crippen LogP contribution in [0.2, 0.25) is 0 Å². The highest BCUT2D eigenvalue weighted by molar-refractivity contribution is 7.99. The third-order valence-electron chi connectivity index (χ3n) is 5.54. The zero-order valence-corrected chi connectivity index (χ0v) is 18.1. The van der Waals surface area contributed by atoms with Crippen LogP contribution in [0.4, 0.5) is 5.69 Å². The number of piperidine rings is 1. The van der Waals surface area contributed by atoms with Crippen LogP contribution in [0.3, 0.4) is 0 Å². The maximum Gasteiger partial charge on any atom is 0.221 e. The van der Waals surface area contributed by atoms with Gasteiger partial charge < -0.3 is 10.2 Å². The lowest BCUT2D eigenvalue weighted by molar-refractivity contribution is -0.121. The molecule has 1 N–H and O–H groups in total. The van der Waals surface area contributed by atoms with E-state index in [9.17, 15) is 4.79 Å². The van der Waals surface area contributed by atoms with Crippen LogP contribution in [0.25, 0.3) is 0 Å². The molecule has 0 spiro atoms. The van der Waals surface area contributed by atoms with Gasteiger partial charge >= 0.3 is 0 Å². The highest BCUT2D eigenvalue weighted by Gasteiger charge is 2.16. The van der Waals surface area contributed by atoms with Crippen LogP contribution in [-0.2, 0) is 4.79 Å². The molecule has 0 radical (unpaired) electrons. The largest absolute Gasteiger partial charge is 0.372 e. The van der Waals surface area contributed by atoms with E-state index in [1.165, 1.54) is 29.0 Å². The maximum absolute atomic E-state index is 12.3. The Hall–Kier alpha value is -1.94. The number of carbonyl (C=O) groups is 1. The van der Waals surface area contributed by atoms with Gasteiger partial charge in [0.1, 0.15) is 0 Å². The molecule has 0 bridgehead atoms. The Balaban J connectivity index is 1.43. The first-order valence-corrected chi connectivity index (χ1v) is 11.3. The first kappa shape index (κ1) is 20.8. The van der Waals surface area contributed by atoms with Gasteiger partial charge in [0, 0.05) is 35.8 Å². The molecule has 3 rings (SSSR count). The summed E-state index contributed by atoms with van der Waals surface area (Å²) in [4.78, 5) is 16.0. The van der Waals surface area contributed by atoms with Crippen molar-refractivity contribution in [1.82, 2.24) is 5.32 Å². The number of nitrogens with zero attached hydrogens (tertiary/aromatic N) is 1. The summed E-state index contributed by atoms with van der Waals surface area (Å²) in [5, 5.41) is 3.13. The SMILES string of the molecule is Cc1ccc(SCCC(=O)N[C@@H](C)c2ccc(N3CCC(C)CC3)cc2)cc1. The molecule has 28 heavy (non-hydrogen) atoms. The van der Waals surface area contributed by atoms with Gasteiger partial charge in [-0.15, -0.1) is 11.8 Å². The van der Waals surface area contributed by atoms with Crippen LogP contribution in [0, 0.1) is 12.8 Å². The Kier molecular flexibility index (Phi) is 7.43. The second-order valence-corrected chi connectivity index (χ2v) is 9.13. The standard InChI is InChI=1S/C24H32N2OS/c1-18-4-10-23(11-5-18)28-17-14-24(27)25-20(3)21-6-8-22(9-7-21)26-15-12-19(2)13-16-26/h4-11,19-20H,12-17H2,1-3H3,(H,25,27)/t20-/m0/s1. The van der Waals surface area contributed by atoms with Crippen LogP contribution in [-0.4, -0.2) is 24.7 Å². The van der Waals surface area contributed by atoms with Gasteiger partial charge in [0.05, 0.1) is 6.04 Å². The molecular weight excluding hydrogens is 364 g/mol. The van der Waals surface area contributed by atoms with Gasteiger partial charge in [0.15, 0.2) is 0 Å². The van der Waals surface area contributed by atoms with E-state index >= 15 is 0 Å². The van der Waals surface area contributed by atoms with Gasteiger partial charge in [-0.25, -0.2) is 0 Å². The van der Waals surface area contributed by atoms with Crippen LogP contribution in [0.1, 0.15) is 50.3 Å². The Morgan fingerprint density at radius 1 is 1.11 bits per heavy atom. The fraction of sp³-hybridized carbons (Fsp3) is 0.458. The van der Waals surface area contributed by atoms with Crippen molar-refractivity contribution in [1.29, 1.82) is 0 Å². The number of aryl methyl sites for hydroxylation is 1. The van der Waals surface area contributed by atoms with E-state index in [2.05, 4.69) is 79.5 Å². The first-order valence-electron chi connectivity index (χ1n) is 10.3. The van der Waals surface area contributed by atoms with E-state index < -0.39 is 0 Å². The quantitative estimate of drug-likeness (QED) is 0.619. The lowest BCUT2D eigenvalue weighted by Crippen LogP contribution is -2.32. The summed E-state index contributed by atoms with van der Waals surface area (Å²) in [5.74, 6) is 1.75. The van der Waals surface area contributed by atoms with Gasteiger partial charge in [-0.1, -0.05) is 36.8 Å². The van der Waals surface area contributed by atoms with E-state index in [1.807, 2.05) is 0 Å². The molecule has 2 aromatic rings. The number of benzene rings is 2. The van der Waals surface area contributed by atoms with Crippen molar-refractivity contribution in [3.63, 3.8) is 0 Å². The Bertz CT molecular complexity index is 749. The highest BCUT2D eigenvalue weighted by Crippen LogP contribution is 2.25. The minimum absolute atomic E-state index is 0.0345. The van der Waals surface area contributed by atoms with Crippen LogP contribution < -0.4 is 10.2 Å². The van der Waals surface area contributed by atoms with Crippen LogP contribution in [0.5, 0.6) is 0 Å². The Labute approximate surface area is 173 Å². The van der Waals surface area contributed by atoms with E-state index in [0.717, 1.165) is 30.3 Å². The van der Waals surface area contributed by atoms with Gasteiger partial charge in [-0.05, 0) is 62.4 Å². The maximum atomic E-state index is 12.3.